The molecule has 0 aliphatic carbocycles. The van der Waals surface area contributed by atoms with Crippen LogP contribution in [-0.2, 0) is 0 Å². The maximum absolute atomic E-state index is 12.6. The third-order valence-corrected chi connectivity index (χ3v) is 4.37. The number of rotatable bonds is 7. The largest absolute Gasteiger partial charge is 0.496 e. The van der Waals surface area contributed by atoms with Gasteiger partial charge in [-0.25, -0.2) is 0 Å². The van der Waals surface area contributed by atoms with Gasteiger partial charge in [-0.15, -0.1) is 0 Å². The number of benzene rings is 2. The fourth-order valence-corrected chi connectivity index (χ4v) is 2.64. The monoisotopic (exact) mass is 390 g/mol. The summed E-state index contributed by atoms with van der Waals surface area (Å²) in [5, 5.41) is 10.5. The van der Waals surface area contributed by atoms with E-state index >= 15 is 0 Å². The lowest BCUT2D eigenvalue weighted by molar-refractivity contribution is 0.0353. The summed E-state index contributed by atoms with van der Waals surface area (Å²) in [6.45, 7) is 1.43. The van der Waals surface area contributed by atoms with Crippen molar-refractivity contribution >= 4 is 27.5 Å². The van der Waals surface area contributed by atoms with Crippen LogP contribution >= 0.6 is 15.9 Å². The van der Waals surface area contributed by atoms with E-state index in [0.29, 0.717) is 16.9 Å². The molecule has 1 atom stereocenters. The number of ketones is 2. The van der Waals surface area contributed by atoms with Crippen LogP contribution in [0.5, 0.6) is 5.75 Å². The van der Waals surface area contributed by atoms with E-state index in [2.05, 4.69) is 15.9 Å². The number of carbonyl (C=O) groups excluding carboxylic acids is 2. The highest BCUT2D eigenvalue weighted by molar-refractivity contribution is 9.10. The number of hydrogen-bond donors (Lipinski definition) is 1. The van der Waals surface area contributed by atoms with Gasteiger partial charge in [0.25, 0.3) is 0 Å². The molecule has 2 aromatic rings. The number of para-hydroxylation sites is 1. The van der Waals surface area contributed by atoms with Crippen molar-refractivity contribution < 1.29 is 19.4 Å². The van der Waals surface area contributed by atoms with Crippen molar-refractivity contribution in [3.8, 4) is 5.75 Å². The third kappa shape index (κ3) is 4.30. The summed E-state index contributed by atoms with van der Waals surface area (Å²) in [7, 11) is 1.47. The minimum absolute atomic E-state index is 0.0405. The molecule has 0 unspecified atom stereocenters. The van der Waals surface area contributed by atoms with E-state index in [-0.39, 0.29) is 18.6 Å². The zero-order chi connectivity index (χ0) is 17.7. The predicted molar refractivity (Wildman–Crippen MR) is 95.7 cm³/mol. The zero-order valence-corrected chi connectivity index (χ0v) is 15.2. The van der Waals surface area contributed by atoms with E-state index in [4.69, 9.17) is 4.74 Å². The quantitative estimate of drug-likeness (QED) is 0.724. The Balaban J connectivity index is 2.08. The van der Waals surface area contributed by atoms with Crippen molar-refractivity contribution in [3.63, 3.8) is 0 Å². The maximum atomic E-state index is 12.6. The Kier molecular flexibility index (Phi) is 5.91. The molecular formula is C19H19BrO4. The second-order valence-corrected chi connectivity index (χ2v) is 6.65. The number of methoxy groups -OCH3 is 1. The molecule has 2 rings (SSSR count). The Hall–Kier alpha value is -1.98. The molecule has 0 aliphatic heterocycles. The number of hydrogen-bond acceptors (Lipinski definition) is 4. The smallest absolute Gasteiger partial charge is 0.197 e. The van der Waals surface area contributed by atoms with Crippen LogP contribution in [0.25, 0.3) is 0 Å². The molecule has 0 radical (unpaired) electrons. The van der Waals surface area contributed by atoms with Gasteiger partial charge in [-0.3, -0.25) is 9.59 Å². The molecule has 0 spiro atoms. The highest BCUT2D eigenvalue weighted by atomic mass is 79.9. The van der Waals surface area contributed by atoms with E-state index in [1.807, 2.05) is 0 Å². The molecule has 4 nitrogen and oxygen atoms in total. The molecule has 0 aliphatic rings. The molecule has 0 saturated carbocycles. The Morgan fingerprint density at radius 3 is 2.38 bits per heavy atom. The van der Waals surface area contributed by atoms with Gasteiger partial charge in [0.1, 0.15) is 11.4 Å². The van der Waals surface area contributed by atoms with Crippen LogP contribution in [0.1, 0.15) is 40.5 Å². The maximum Gasteiger partial charge on any atom is 0.197 e. The third-order valence-electron chi connectivity index (χ3n) is 3.85. The van der Waals surface area contributed by atoms with Crippen molar-refractivity contribution in [2.75, 3.05) is 7.11 Å². The summed E-state index contributed by atoms with van der Waals surface area (Å²) in [6.07, 6.45) is 0.119. The van der Waals surface area contributed by atoms with Crippen molar-refractivity contribution in [2.45, 2.75) is 25.4 Å². The minimum atomic E-state index is -1.64. The van der Waals surface area contributed by atoms with Crippen LogP contribution in [0.2, 0.25) is 0 Å². The average molecular weight is 391 g/mol. The summed E-state index contributed by atoms with van der Waals surface area (Å²) in [5.41, 5.74) is -0.778. The molecule has 1 N–H and O–H groups in total. The fraction of sp³-hybridized carbons (Fsp3) is 0.263. The molecule has 2 aromatic carbocycles. The number of carbonyl (C=O) groups is 2. The SMILES string of the molecule is COc1ccccc1C(=O)[C@](C)(O)CCC(=O)c1ccc(Br)cc1. The minimum Gasteiger partial charge on any atom is -0.496 e. The van der Waals surface area contributed by atoms with Gasteiger partial charge in [0.05, 0.1) is 12.7 Å². The molecular weight excluding hydrogens is 372 g/mol. The van der Waals surface area contributed by atoms with Crippen LogP contribution in [-0.4, -0.2) is 29.4 Å². The van der Waals surface area contributed by atoms with Gasteiger partial charge in [-0.1, -0.05) is 40.2 Å². The van der Waals surface area contributed by atoms with Crippen LogP contribution < -0.4 is 4.74 Å². The molecule has 126 valence electrons. The van der Waals surface area contributed by atoms with Crippen molar-refractivity contribution in [1.29, 1.82) is 0 Å². The summed E-state index contributed by atoms with van der Waals surface area (Å²) < 4.78 is 6.05. The van der Waals surface area contributed by atoms with Gasteiger partial charge in [-0.2, -0.15) is 0 Å². The summed E-state index contributed by atoms with van der Waals surface area (Å²) >= 11 is 3.32. The Morgan fingerprint density at radius 1 is 1.12 bits per heavy atom. The second-order valence-electron chi connectivity index (χ2n) is 5.73. The van der Waals surface area contributed by atoms with Gasteiger partial charge in [-0.05, 0) is 37.6 Å². The zero-order valence-electron chi connectivity index (χ0n) is 13.6. The molecule has 0 amide bonds. The lowest BCUT2D eigenvalue weighted by Gasteiger charge is -2.22. The highest BCUT2D eigenvalue weighted by Gasteiger charge is 2.33. The van der Waals surface area contributed by atoms with Gasteiger partial charge >= 0.3 is 0 Å². The van der Waals surface area contributed by atoms with E-state index < -0.39 is 11.4 Å². The number of halogens is 1. The summed E-state index contributed by atoms with van der Waals surface area (Å²) in [4.78, 5) is 24.8. The Labute approximate surface area is 149 Å². The normalized spacial score (nSPS) is 13.2. The van der Waals surface area contributed by atoms with Gasteiger partial charge in [0.15, 0.2) is 11.6 Å². The van der Waals surface area contributed by atoms with Gasteiger partial charge in [0, 0.05) is 16.5 Å². The summed E-state index contributed by atoms with van der Waals surface area (Å²) in [6, 6.07) is 13.7. The average Bonchev–Trinajstić information content (AvgIpc) is 2.59. The van der Waals surface area contributed by atoms with Crippen LogP contribution in [0.4, 0.5) is 0 Å². The van der Waals surface area contributed by atoms with E-state index in [1.165, 1.54) is 14.0 Å². The molecule has 0 heterocycles. The summed E-state index contributed by atoms with van der Waals surface area (Å²) in [5.74, 6) is -0.166. The molecule has 24 heavy (non-hydrogen) atoms. The predicted octanol–water partition coefficient (Wildman–Crippen LogP) is 4.05. The first-order chi connectivity index (χ1) is 11.3. The Bertz CT molecular complexity index is 735. The van der Waals surface area contributed by atoms with E-state index in [9.17, 15) is 14.7 Å². The molecule has 5 heteroatoms. The van der Waals surface area contributed by atoms with Crippen LogP contribution in [0.15, 0.2) is 53.0 Å². The first-order valence-electron chi connectivity index (χ1n) is 7.54. The molecule has 0 bridgehead atoms. The van der Waals surface area contributed by atoms with Gasteiger partial charge in [0.2, 0.25) is 0 Å². The molecule has 0 fully saturated rings. The first kappa shape index (κ1) is 18.4. The van der Waals surface area contributed by atoms with Crippen LogP contribution in [0, 0.1) is 0 Å². The standard InChI is InChI=1S/C19H19BrO4/c1-19(23,18(22)15-5-3-4-6-17(15)24-2)12-11-16(21)13-7-9-14(20)10-8-13/h3-10,23H,11-12H2,1-2H3/t19-/m1/s1. The highest BCUT2D eigenvalue weighted by Crippen LogP contribution is 2.26. The first-order valence-corrected chi connectivity index (χ1v) is 8.33. The van der Waals surface area contributed by atoms with E-state index in [0.717, 1.165) is 4.47 Å². The number of aliphatic hydroxyl groups is 1. The Morgan fingerprint density at radius 2 is 1.75 bits per heavy atom. The lowest BCUT2D eigenvalue weighted by atomic mass is 9.88. The van der Waals surface area contributed by atoms with E-state index in [1.54, 1.807) is 48.5 Å². The number of Topliss-reactive ketones (excluding diaryl/α,β-unsaturated/α-hetero) is 2. The molecule has 0 saturated heterocycles. The number of ether oxygens (including phenoxy) is 1. The van der Waals surface area contributed by atoms with Gasteiger partial charge < -0.3 is 9.84 Å². The fourth-order valence-electron chi connectivity index (χ4n) is 2.37. The topological polar surface area (TPSA) is 63.6 Å². The second kappa shape index (κ2) is 7.73. The van der Waals surface area contributed by atoms with Crippen molar-refractivity contribution in [3.05, 3.63) is 64.1 Å². The lowest BCUT2D eigenvalue weighted by Crippen LogP contribution is -2.36. The van der Waals surface area contributed by atoms with Crippen molar-refractivity contribution in [1.82, 2.24) is 0 Å². The molecule has 0 aromatic heterocycles. The van der Waals surface area contributed by atoms with Crippen molar-refractivity contribution in [2.24, 2.45) is 0 Å². The van der Waals surface area contributed by atoms with Crippen LogP contribution in [0.3, 0.4) is 0 Å².